The summed E-state index contributed by atoms with van der Waals surface area (Å²) in [6.45, 7) is 1.03. The van der Waals surface area contributed by atoms with Crippen LogP contribution in [-0.2, 0) is 12.8 Å². The molecule has 1 unspecified atom stereocenters. The van der Waals surface area contributed by atoms with Crippen LogP contribution in [0.2, 0.25) is 10.0 Å². The van der Waals surface area contributed by atoms with Crippen molar-refractivity contribution in [3.63, 3.8) is 0 Å². The van der Waals surface area contributed by atoms with Gasteiger partial charge in [-0.3, -0.25) is 4.90 Å². The topological polar surface area (TPSA) is 3.24 Å². The number of benzene rings is 2. The minimum atomic E-state index is 0.398. The summed E-state index contributed by atoms with van der Waals surface area (Å²) in [5.74, 6) is 0. The molecule has 0 saturated heterocycles. The Balaban J connectivity index is 1.99. The lowest BCUT2D eigenvalue weighted by atomic mass is 9.96. The minimum Gasteiger partial charge on any atom is -0.299 e. The van der Waals surface area contributed by atoms with E-state index < -0.39 is 0 Å². The Bertz CT molecular complexity index is 610. The molecule has 0 amide bonds. The monoisotopic (exact) mass is 305 g/mol. The Morgan fingerprint density at radius 3 is 2.35 bits per heavy atom. The molecule has 0 saturated carbocycles. The number of hydrogen-bond donors (Lipinski definition) is 0. The molecular weight excluding hydrogens is 289 g/mol. The molecule has 0 aliphatic carbocycles. The van der Waals surface area contributed by atoms with Gasteiger partial charge in [0, 0.05) is 12.6 Å². The van der Waals surface area contributed by atoms with Crippen LogP contribution in [0.3, 0.4) is 0 Å². The Kier molecular flexibility index (Phi) is 4.02. The van der Waals surface area contributed by atoms with Gasteiger partial charge in [0.25, 0.3) is 0 Å². The van der Waals surface area contributed by atoms with Crippen LogP contribution in [0, 0.1) is 0 Å². The first-order chi connectivity index (χ1) is 9.65. The standard InChI is InChI=1S/C17H17Cl2N/c1-20-8-7-13-9-15(18)16(19)10-14(13)11-17(20)12-5-3-2-4-6-12/h2-6,9-10,17H,7-8,11H2,1H3. The number of fused-ring (bicyclic) bond motifs is 1. The number of likely N-dealkylation sites (N-methyl/N-ethyl adjacent to an activating group) is 1. The number of rotatable bonds is 1. The molecule has 3 heteroatoms. The normalized spacial score (nSPS) is 19.4. The van der Waals surface area contributed by atoms with Crippen molar-refractivity contribution >= 4 is 23.2 Å². The van der Waals surface area contributed by atoms with E-state index in [1.165, 1.54) is 16.7 Å². The molecule has 20 heavy (non-hydrogen) atoms. The highest BCUT2D eigenvalue weighted by atomic mass is 35.5. The molecule has 0 spiro atoms. The summed E-state index contributed by atoms with van der Waals surface area (Å²) in [5.41, 5.74) is 4.00. The summed E-state index contributed by atoms with van der Waals surface area (Å²) in [6, 6.07) is 15.1. The molecule has 1 heterocycles. The Morgan fingerprint density at radius 2 is 1.65 bits per heavy atom. The van der Waals surface area contributed by atoms with E-state index in [0.717, 1.165) is 19.4 Å². The second kappa shape index (κ2) is 5.77. The number of hydrogen-bond acceptors (Lipinski definition) is 1. The molecular formula is C17H17Cl2N. The molecule has 1 nitrogen and oxygen atoms in total. The van der Waals surface area contributed by atoms with Crippen molar-refractivity contribution in [1.29, 1.82) is 0 Å². The summed E-state index contributed by atoms with van der Waals surface area (Å²) in [6.07, 6.45) is 2.00. The maximum absolute atomic E-state index is 6.18. The molecule has 1 atom stereocenters. The fraction of sp³-hybridized carbons (Fsp3) is 0.294. The zero-order valence-electron chi connectivity index (χ0n) is 11.4. The van der Waals surface area contributed by atoms with Crippen LogP contribution in [0.4, 0.5) is 0 Å². The zero-order valence-corrected chi connectivity index (χ0v) is 13.0. The van der Waals surface area contributed by atoms with E-state index in [9.17, 15) is 0 Å². The van der Waals surface area contributed by atoms with Gasteiger partial charge in [0.05, 0.1) is 10.0 Å². The quantitative estimate of drug-likeness (QED) is 0.734. The second-order valence-electron chi connectivity index (χ2n) is 5.40. The molecule has 3 rings (SSSR count). The summed E-state index contributed by atoms with van der Waals surface area (Å²) in [5, 5.41) is 1.31. The molecule has 104 valence electrons. The number of halogens is 2. The molecule has 0 fully saturated rings. The molecule has 2 aromatic rings. The van der Waals surface area contributed by atoms with Crippen LogP contribution in [0.1, 0.15) is 22.7 Å². The van der Waals surface area contributed by atoms with Crippen LogP contribution >= 0.6 is 23.2 Å². The lowest BCUT2D eigenvalue weighted by Crippen LogP contribution is -2.26. The van der Waals surface area contributed by atoms with Crippen LogP contribution in [0.25, 0.3) is 0 Å². The molecule has 0 N–H and O–H groups in total. The third-order valence-electron chi connectivity index (χ3n) is 4.11. The average Bonchev–Trinajstić information content (AvgIpc) is 2.61. The summed E-state index contributed by atoms with van der Waals surface area (Å²) < 4.78 is 0. The van der Waals surface area contributed by atoms with Gasteiger partial charge in [-0.15, -0.1) is 0 Å². The van der Waals surface area contributed by atoms with Crippen molar-refractivity contribution < 1.29 is 0 Å². The first kappa shape index (κ1) is 13.9. The average molecular weight is 306 g/mol. The van der Waals surface area contributed by atoms with Crippen molar-refractivity contribution in [2.24, 2.45) is 0 Å². The van der Waals surface area contributed by atoms with Gasteiger partial charge in [-0.05, 0) is 48.7 Å². The van der Waals surface area contributed by atoms with E-state index in [4.69, 9.17) is 23.2 Å². The van der Waals surface area contributed by atoms with E-state index in [1.54, 1.807) is 0 Å². The van der Waals surface area contributed by atoms with Gasteiger partial charge in [-0.25, -0.2) is 0 Å². The van der Waals surface area contributed by atoms with Crippen LogP contribution < -0.4 is 0 Å². The van der Waals surface area contributed by atoms with Crippen molar-refractivity contribution in [3.05, 3.63) is 69.2 Å². The highest BCUT2D eigenvalue weighted by Crippen LogP contribution is 2.33. The van der Waals surface area contributed by atoms with E-state index >= 15 is 0 Å². The minimum absolute atomic E-state index is 0.398. The fourth-order valence-corrected chi connectivity index (χ4v) is 3.29. The molecule has 1 aliphatic rings. The lowest BCUT2D eigenvalue weighted by molar-refractivity contribution is 0.254. The van der Waals surface area contributed by atoms with Gasteiger partial charge in [-0.2, -0.15) is 0 Å². The van der Waals surface area contributed by atoms with Gasteiger partial charge in [0.1, 0.15) is 0 Å². The van der Waals surface area contributed by atoms with Gasteiger partial charge < -0.3 is 0 Å². The zero-order chi connectivity index (χ0) is 14.1. The largest absolute Gasteiger partial charge is 0.299 e. The highest BCUT2D eigenvalue weighted by Gasteiger charge is 2.23. The SMILES string of the molecule is CN1CCc2cc(Cl)c(Cl)cc2CC1c1ccccc1. The lowest BCUT2D eigenvalue weighted by Gasteiger charge is -2.26. The Morgan fingerprint density at radius 1 is 1.00 bits per heavy atom. The van der Waals surface area contributed by atoms with E-state index in [-0.39, 0.29) is 0 Å². The predicted molar refractivity (Wildman–Crippen MR) is 85.7 cm³/mol. The summed E-state index contributed by atoms with van der Waals surface area (Å²) in [4.78, 5) is 2.41. The second-order valence-corrected chi connectivity index (χ2v) is 6.21. The van der Waals surface area contributed by atoms with Gasteiger partial charge in [-0.1, -0.05) is 53.5 Å². The molecule has 1 aliphatic heterocycles. The molecule has 2 aromatic carbocycles. The van der Waals surface area contributed by atoms with Gasteiger partial charge in [0.15, 0.2) is 0 Å². The first-order valence-corrected chi connectivity index (χ1v) is 7.62. The highest BCUT2D eigenvalue weighted by molar-refractivity contribution is 6.42. The summed E-state index contributed by atoms with van der Waals surface area (Å²) >= 11 is 12.3. The Labute approximate surface area is 130 Å². The van der Waals surface area contributed by atoms with Crippen LogP contribution in [0.5, 0.6) is 0 Å². The van der Waals surface area contributed by atoms with Gasteiger partial charge in [0.2, 0.25) is 0 Å². The van der Waals surface area contributed by atoms with Crippen LogP contribution in [0.15, 0.2) is 42.5 Å². The first-order valence-electron chi connectivity index (χ1n) is 6.87. The molecule has 0 bridgehead atoms. The molecule has 0 radical (unpaired) electrons. The van der Waals surface area contributed by atoms with Crippen molar-refractivity contribution in [2.75, 3.05) is 13.6 Å². The van der Waals surface area contributed by atoms with E-state index in [2.05, 4.69) is 42.3 Å². The third-order valence-corrected chi connectivity index (χ3v) is 4.83. The maximum Gasteiger partial charge on any atom is 0.0595 e. The Hall–Kier alpha value is -1.02. The van der Waals surface area contributed by atoms with Crippen molar-refractivity contribution in [2.45, 2.75) is 18.9 Å². The predicted octanol–water partition coefficient (Wildman–Crippen LogP) is 4.77. The van der Waals surface area contributed by atoms with Crippen molar-refractivity contribution in [1.82, 2.24) is 4.90 Å². The maximum atomic E-state index is 6.18. The smallest absolute Gasteiger partial charge is 0.0595 e. The number of nitrogens with zero attached hydrogens (tertiary/aromatic N) is 1. The molecule has 0 aromatic heterocycles. The van der Waals surface area contributed by atoms with Crippen LogP contribution in [-0.4, -0.2) is 18.5 Å². The van der Waals surface area contributed by atoms with Gasteiger partial charge >= 0.3 is 0 Å². The summed E-state index contributed by atoms with van der Waals surface area (Å²) in [7, 11) is 2.19. The fourth-order valence-electron chi connectivity index (χ4n) is 2.92. The third kappa shape index (κ3) is 2.71. The van der Waals surface area contributed by atoms with E-state index in [1.807, 2.05) is 12.1 Å². The van der Waals surface area contributed by atoms with E-state index in [0.29, 0.717) is 16.1 Å². The van der Waals surface area contributed by atoms with Crippen molar-refractivity contribution in [3.8, 4) is 0 Å².